The van der Waals surface area contributed by atoms with Crippen LogP contribution in [0, 0.1) is 0 Å². The Morgan fingerprint density at radius 2 is 1.88 bits per heavy atom. The highest BCUT2D eigenvalue weighted by atomic mass is 79.9. The van der Waals surface area contributed by atoms with Gasteiger partial charge in [0.25, 0.3) is 0 Å². The van der Waals surface area contributed by atoms with Crippen molar-refractivity contribution in [2.24, 2.45) is 0 Å². The number of halogens is 1. The lowest BCUT2D eigenvalue weighted by Crippen LogP contribution is -2.02. The van der Waals surface area contributed by atoms with Gasteiger partial charge in [-0.15, -0.1) is 0 Å². The van der Waals surface area contributed by atoms with E-state index in [4.69, 9.17) is 4.74 Å². The number of carbonyl (C=O) groups is 1. The fraction of sp³-hybridized carbons (Fsp3) is 0.154. The third-order valence-corrected chi connectivity index (χ3v) is 3.02. The minimum absolute atomic E-state index is 0.296. The molecule has 0 aliphatic rings. The summed E-state index contributed by atoms with van der Waals surface area (Å²) < 4.78 is 5.12. The summed E-state index contributed by atoms with van der Waals surface area (Å²) in [5.41, 5.74) is 0.966. The van der Waals surface area contributed by atoms with Crippen molar-refractivity contribution in [2.75, 3.05) is 0 Å². The maximum absolute atomic E-state index is 10.9. The lowest BCUT2D eigenvalue weighted by atomic mass is 10.1. The van der Waals surface area contributed by atoms with Gasteiger partial charge in [-0.1, -0.05) is 42.5 Å². The number of carbonyl (C=O) groups excluding carboxylic acids is 1. The summed E-state index contributed by atoms with van der Waals surface area (Å²) in [4.78, 5) is 10.9. The quantitative estimate of drug-likeness (QED) is 0.617. The zero-order valence-corrected chi connectivity index (χ0v) is 10.4. The van der Waals surface area contributed by atoms with Gasteiger partial charge in [0.1, 0.15) is 0 Å². The molecule has 0 amide bonds. The van der Waals surface area contributed by atoms with Gasteiger partial charge in [-0.2, -0.15) is 0 Å². The van der Waals surface area contributed by atoms with Crippen molar-refractivity contribution in [1.29, 1.82) is 0 Å². The fourth-order valence-corrected chi connectivity index (χ4v) is 2.32. The minimum Gasteiger partial charge on any atom is -0.446 e. The molecule has 0 aliphatic carbocycles. The van der Waals surface area contributed by atoms with Gasteiger partial charge in [0, 0.05) is 12.5 Å². The number of hydrogen-bond donors (Lipinski definition) is 0. The summed E-state index contributed by atoms with van der Waals surface area (Å²) in [6.07, 6.45) is 0. The molecule has 2 rings (SSSR count). The molecule has 82 valence electrons. The number of rotatable bonds is 2. The molecule has 1 unspecified atom stereocenters. The van der Waals surface area contributed by atoms with Crippen LogP contribution in [0.25, 0.3) is 10.8 Å². The first-order valence-corrected chi connectivity index (χ1v) is 5.89. The van der Waals surface area contributed by atoms with E-state index in [9.17, 15) is 4.79 Å². The number of esters is 1. The summed E-state index contributed by atoms with van der Waals surface area (Å²) in [5.74, 6) is -0.296. The maximum atomic E-state index is 10.9. The van der Waals surface area contributed by atoms with Crippen molar-refractivity contribution in [2.45, 2.75) is 11.9 Å². The zero-order valence-electron chi connectivity index (χ0n) is 8.81. The molecule has 2 aromatic carbocycles. The van der Waals surface area contributed by atoms with Crippen LogP contribution in [0.15, 0.2) is 42.5 Å². The molecule has 0 N–H and O–H groups in total. The monoisotopic (exact) mass is 278 g/mol. The zero-order chi connectivity index (χ0) is 11.5. The second-order valence-corrected chi connectivity index (χ2v) is 4.33. The van der Waals surface area contributed by atoms with E-state index in [0.717, 1.165) is 16.3 Å². The third kappa shape index (κ3) is 2.25. The largest absolute Gasteiger partial charge is 0.446 e. The van der Waals surface area contributed by atoms with E-state index in [1.165, 1.54) is 6.92 Å². The van der Waals surface area contributed by atoms with Crippen LogP contribution in [-0.4, -0.2) is 5.97 Å². The highest BCUT2D eigenvalue weighted by Crippen LogP contribution is 2.30. The molecule has 0 saturated heterocycles. The first-order chi connectivity index (χ1) is 7.68. The highest BCUT2D eigenvalue weighted by Gasteiger charge is 2.12. The summed E-state index contributed by atoms with van der Waals surface area (Å²) in [5, 5.41) is 1.83. The maximum Gasteiger partial charge on any atom is 0.304 e. The smallest absolute Gasteiger partial charge is 0.304 e. The molecular formula is C13H11BrO2. The van der Waals surface area contributed by atoms with E-state index in [1.807, 2.05) is 42.5 Å². The van der Waals surface area contributed by atoms with Crippen molar-refractivity contribution in [3.05, 3.63) is 48.0 Å². The average Bonchev–Trinajstić information content (AvgIpc) is 2.27. The Bertz CT molecular complexity index is 517. The number of alkyl halides is 1. The minimum atomic E-state index is -0.393. The van der Waals surface area contributed by atoms with Crippen molar-refractivity contribution in [3.63, 3.8) is 0 Å². The van der Waals surface area contributed by atoms with E-state index >= 15 is 0 Å². The van der Waals surface area contributed by atoms with Gasteiger partial charge in [-0.25, -0.2) is 0 Å². The molecule has 0 saturated carbocycles. The van der Waals surface area contributed by atoms with Gasteiger partial charge in [-0.3, -0.25) is 4.79 Å². The number of fused-ring (bicyclic) bond motifs is 1. The van der Waals surface area contributed by atoms with Crippen LogP contribution < -0.4 is 0 Å². The molecule has 0 spiro atoms. The van der Waals surface area contributed by atoms with Crippen LogP contribution in [0.4, 0.5) is 0 Å². The molecule has 3 heteroatoms. The molecular weight excluding hydrogens is 268 g/mol. The molecule has 1 atom stereocenters. The first kappa shape index (κ1) is 11.1. The van der Waals surface area contributed by atoms with Crippen molar-refractivity contribution in [1.82, 2.24) is 0 Å². The topological polar surface area (TPSA) is 26.3 Å². The molecule has 0 heterocycles. The van der Waals surface area contributed by atoms with Crippen molar-refractivity contribution >= 4 is 32.7 Å². The Labute approximate surface area is 102 Å². The Balaban J connectivity index is 2.47. The Morgan fingerprint density at radius 1 is 1.19 bits per heavy atom. The van der Waals surface area contributed by atoms with Crippen LogP contribution in [0.1, 0.15) is 17.5 Å². The Morgan fingerprint density at radius 3 is 2.62 bits per heavy atom. The van der Waals surface area contributed by atoms with E-state index in [0.29, 0.717) is 0 Å². The number of hydrogen-bond acceptors (Lipinski definition) is 2. The van der Waals surface area contributed by atoms with Gasteiger partial charge in [0.15, 0.2) is 5.01 Å². The van der Waals surface area contributed by atoms with Crippen molar-refractivity contribution < 1.29 is 9.53 Å². The standard InChI is InChI=1S/C13H11BrO2/c1-9(15)16-13(14)12-8-4-6-10-5-2-3-7-11(10)12/h2-8,13H,1H3. The fourth-order valence-electron chi connectivity index (χ4n) is 1.66. The van der Waals surface area contributed by atoms with E-state index in [1.54, 1.807) is 0 Å². The molecule has 0 bridgehead atoms. The number of ether oxygens (including phenoxy) is 1. The van der Waals surface area contributed by atoms with E-state index in [2.05, 4.69) is 15.9 Å². The first-order valence-electron chi connectivity index (χ1n) is 4.97. The van der Waals surface area contributed by atoms with E-state index in [-0.39, 0.29) is 5.97 Å². The molecule has 16 heavy (non-hydrogen) atoms. The summed E-state index contributed by atoms with van der Waals surface area (Å²) >= 11 is 3.36. The molecule has 2 aromatic rings. The second kappa shape index (κ2) is 4.66. The van der Waals surface area contributed by atoms with Gasteiger partial charge < -0.3 is 4.74 Å². The molecule has 0 aromatic heterocycles. The van der Waals surface area contributed by atoms with Gasteiger partial charge in [0.2, 0.25) is 0 Å². The van der Waals surface area contributed by atoms with Crippen LogP contribution in [0.3, 0.4) is 0 Å². The van der Waals surface area contributed by atoms with Crippen LogP contribution in [0.2, 0.25) is 0 Å². The normalized spacial score (nSPS) is 12.4. The Hall–Kier alpha value is -1.35. The molecule has 0 fully saturated rings. The van der Waals surface area contributed by atoms with Crippen LogP contribution >= 0.6 is 15.9 Å². The van der Waals surface area contributed by atoms with Gasteiger partial charge in [-0.05, 0) is 26.7 Å². The molecule has 0 aliphatic heterocycles. The second-order valence-electron chi connectivity index (χ2n) is 3.49. The van der Waals surface area contributed by atoms with Crippen LogP contribution in [0.5, 0.6) is 0 Å². The average molecular weight is 279 g/mol. The summed E-state index contributed by atoms with van der Waals surface area (Å²) in [6.45, 7) is 1.40. The van der Waals surface area contributed by atoms with Gasteiger partial charge >= 0.3 is 5.97 Å². The summed E-state index contributed by atoms with van der Waals surface area (Å²) in [7, 11) is 0. The summed E-state index contributed by atoms with van der Waals surface area (Å²) in [6, 6.07) is 13.9. The van der Waals surface area contributed by atoms with E-state index < -0.39 is 5.01 Å². The lowest BCUT2D eigenvalue weighted by molar-refractivity contribution is -0.142. The van der Waals surface area contributed by atoms with Crippen LogP contribution in [-0.2, 0) is 9.53 Å². The number of benzene rings is 2. The van der Waals surface area contributed by atoms with Gasteiger partial charge in [0.05, 0.1) is 0 Å². The third-order valence-electron chi connectivity index (χ3n) is 2.34. The predicted molar refractivity (Wildman–Crippen MR) is 67.4 cm³/mol. The van der Waals surface area contributed by atoms with Crippen molar-refractivity contribution in [3.8, 4) is 0 Å². The highest BCUT2D eigenvalue weighted by molar-refractivity contribution is 9.09. The molecule has 2 nitrogen and oxygen atoms in total. The predicted octanol–water partition coefficient (Wildman–Crippen LogP) is 3.80. The SMILES string of the molecule is CC(=O)OC(Br)c1cccc2ccccc12. The molecule has 0 radical (unpaired) electrons. The lowest BCUT2D eigenvalue weighted by Gasteiger charge is -2.12. The Kier molecular flexibility index (Phi) is 3.25.